The number of carboxylic acids is 1. The lowest BCUT2D eigenvalue weighted by atomic mass is 9.94. The van der Waals surface area contributed by atoms with E-state index < -0.39 is 5.97 Å². The molecule has 0 atom stereocenters. The van der Waals surface area contributed by atoms with Crippen molar-refractivity contribution in [2.24, 2.45) is 0 Å². The number of benzene rings is 3. The van der Waals surface area contributed by atoms with Crippen LogP contribution in [0.2, 0.25) is 0 Å². The van der Waals surface area contributed by atoms with Crippen molar-refractivity contribution in [2.75, 3.05) is 5.32 Å². The predicted octanol–water partition coefficient (Wildman–Crippen LogP) is 7.77. The molecule has 1 amide bonds. The zero-order valence-corrected chi connectivity index (χ0v) is 23.4. The first kappa shape index (κ1) is 26.5. The van der Waals surface area contributed by atoms with Crippen LogP contribution in [0.25, 0.3) is 44.6 Å². The Morgan fingerprint density at radius 3 is 2.35 bits per heavy atom. The molecule has 0 bridgehead atoms. The van der Waals surface area contributed by atoms with Gasteiger partial charge in [0, 0.05) is 34.3 Å². The van der Waals surface area contributed by atoms with Gasteiger partial charge in [0.15, 0.2) is 0 Å². The zero-order chi connectivity index (χ0) is 29.3. The number of nitrogens with one attached hydrogen (secondary N) is 1. The SMILES string of the molecule is O=C(O)c1ccc(NC(=O)c2ccc3c(c2)nc(-c2ccc4nc(-c5ccccc5)ccc4c2)n3C2CCCCC2)nc1. The maximum Gasteiger partial charge on any atom is 0.337 e. The van der Waals surface area contributed by atoms with Crippen LogP contribution >= 0.6 is 0 Å². The van der Waals surface area contributed by atoms with Gasteiger partial charge in [-0.05, 0) is 67.4 Å². The number of rotatable bonds is 6. The normalized spacial score (nSPS) is 13.8. The molecule has 0 saturated heterocycles. The number of aromatic nitrogens is 4. The number of nitrogens with zero attached hydrogens (tertiary/aromatic N) is 4. The van der Waals surface area contributed by atoms with Gasteiger partial charge in [0.25, 0.3) is 5.91 Å². The highest BCUT2D eigenvalue weighted by atomic mass is 16.4. The second kappa shape index (κ2) is 11.1. The molecular weight excluding hydrogens is 538 g/mol. The Hall–Kier alpha value is -5.37. The Kier molecular flexibility index (Phi) is 6.87. The molecule has 6 aromatic rings. The second-order valence-corrected chi connectivity index (χ2v) is 11.0. The summed E-state index contributed by atoms with van der Waals surface area (Å²) in [6.45, 7) is 0. The first-order valence-electron chi connectivity index (χ1n) is 14.5. The summed E-state index contributed by atoms with van der Waals surface area (Å²) in [5.74, 6) is -0.236. The van der Waals surface area contributed by atoms with Crippen LogP contribution in [0.1, 0.15) is 58.9 Å². The van der Waals surface area contributed by atoms with Gasteiger partial charge in [-0.3, -0.25) is 4.79 Å². The summed E-state index contributed by atoms with van der Waals surface area (Å²) in [4.78, 5) is 38.3. The Morgan fingerprint density at radius 1 is 0.767 bits per heavy atom. The summed E-state index contributed by atoms with van der Waals surface area (Å²) < 4.78 is 2.36. The number of carbonyl (C=O) groups is 2. The molecule has 1 saturated carbocycles. The minimum Gasteiger partial charge on any atom is -0.478 e. The molecule has 0 radical (unpaired) electrons. The molecule has 43 heavy (non-hydrogen) atoms. The van der Waals surface area contributed by atoms with Crippen LogP contribution in [0.3, 0.4) is 0 Å². The van der Waals surface area contributed by atoms with E-state index >= 15 is 0 Å². The quantitative estimate of drug-likeness (QED) is 0.213. The highest BCUT2D eigenvalue weighted by Gasteiger charge is 2.23. The molecule has 3 heterocycles. The summed E-state index contributed by atoms with van der Waals surface area (Å²) in [6, 6.07) is 29.5. The van der Waals surface area contributed by atoms with Gasteiger partial charge in [0.05, 0.1) is 27.8 Å². The number of carbonyl (C=O) groups excluding carboxylic acids is 1. The fourth-order valence-corrected chi connectivity index (χ4v) is 5.97. The number of carboxylic acid groups (broad SMARTS) is 1. The lowest BCUT2D eigenvalue weighted by Gasteiger charge is -2.25. The average Bonchev–Trinajstić information content (AvgIpc) is 3.44. The smallest absolute Gasteiger partial charge is 0.337 e. The molecule has 8 heteroatoms. The van der Waals surface area contributed by atoms with E-state index in [4.69, 9.17) is 15.1 Å². The van der Waals surface area contributed by atoms with Crippen molar-refractivity contribution >= 4 is 39.6 Å². The van der Waals surface area contributed by atoms with Crippen LogP contribution in [0.15, 0.2) is 97.2 Å². The molecular formula is C35H29N5O3. The van der Waals surface area contributed by atoms with E-state index in [0.717, 1.165) is 57.4 Å². The van der Waals surface area contributed by atoms with Gasteiger partial charge in [0.2, 0.25) is 0 Å². The third-order valence-electron chi connectivity index (χ3n) is 8.16. The Bertz CT molecular complexity index is 1980. The number of anilines is 1. The van der Waals surface area contributed by atoms with E-state index in [1.54, 1.807) is 0 Å². The molecule has 2 N–H and O–H groups in total. The standard InChI is InChI=1S/C35H29N5O3/c41-34(39-32-18-14-26(21-36-32)35(42)43)25-13-17-31-30(20-25)38-33(40(31)27-9-5-2-6-10-27)24-12-16-29-23(19-24)11-15-28(37-29)22-7-3-1-4-8-22/h1,3-4,7-8,11-21,27H,2,5-6,9-10H2,(H,42,43)(H,36,39,41). The minimum atomic E-state index is -1.07. The molecule has 1 fully saturated rings. The maximum atomic E-state index is 13.1. The van der Waals surface area contributed by atoms with Crippen molar-refractivity contribution in [3.05, 3.63) is 108 Å². The van der Waals surface area contributed by atoms with E-state index in [9.17, 15) is 9.59 Å². The van der Waals surface area contributed by atoms with Crippen LogP contribution in [0.5, 0.6) is 0 Å². The molecule has 0 spiro atoms. The summed E-state index contributed by atoms with van der Waals surface area (Å²) in [5, 5.41) is 12.9. The van der Waals surface area contributed by atoms with Gasteiger partial charge in [-0.1, -0.05) is 55.7 Å². The number of hydrogen-bond donors (Lipinski definition) is 2. The number of hydrogen-bond acceptors (Lipinski definition) is 5. The van der Waals surface area contributed by atoms with Gasteiger partial charge in [-0.15, -0.1) is 0 Å². The summed E-state index contributed by atoms with van der Waals surface area (Å²) in [5.41, 5.74) is 6.22. The fraction of sp³-hybridized carbons (Fsp3) is 0.171. The molecule has 7 rings (SSSR count). The first-order valence-corrected chi connectivity index (χ1v) is 14.5. The Balaban J connectivity index is 1.25. The van der Waals surface area contributed by atoms with E-state index in [2.05, 4.69) is 57.3 Å². The summed E-state index contributed by atoms with van der Waals surface area (Å²) in [7, 11) is 0. The third-order valence-corrected chi connectivity index (χ3v) is 8.16. The predicted molar refractivity (Wildman–Crippen MR) is 167 cm³/mol. The van der Waals surface area contributed by atoms with Crippen LogP contribution in [0.4, 0.5) is 5.82 Å². The number of pyridine rings is 2. The van der Waals surface area contributed by atoms with E-state index in [1.165, 1.54) is 37.6 Å². The highest BCUT2D eigenvalue weighted by Crippen LogP contribution is 2.37. The van der Waals surface area contributed by atoms with Gasteiger partial charge in [-0.25, -0.2) is 19.7 Å². The van der Waals surface area contributed by atoms with Crippen LogP contribution in [0, 0.1) is 0 Å². The molecule has 3 aromatic carbocycles. The Morgan fingerprint density at radius 2 is 1.58 bits per heavy atom. The average molecular weight is 568 g/mol. The number of aromatic carboxylic acids is 1. The van der Waals surface area contributed by atoms with Crippen LogP contribution < -0.4 is 5.32 Å². The molecule has 1 aliphatic rings. The molecule has 1 aliphatic carbocycles. The maximum absolute atomic E-state index is 13.1. The van der Waals surface area contributed by atoms with Crippen LogP contribution in [-0.4, -0.2) is 36.5 Å². The van der Waals surface area contributed by atoms with Crippen molar-refractivity contribution in [1.82, 2.24) is 19.5 Å². The van der Waals surface area contributed by atoms with E-state index in [0.29, 0.717) is 11.6 Å². The monoisotopic (exact) mass is 567 g/mol. The lowest BCUT2D eigenvalue weighted by Crippen LogP contribution is -2.14. The first-order chi connectivity index (χ1) is 21.0. The van der Waals surface area contributed by atoms with Crippen molar-refractivity contribution < 1.29 is 14.7 Å². The van der Waals surface area contributed by atoms with Crippen molar-refractivity contribution in [1.29, 1.82) is 0 Å². The molecule has 212 valence electrons. The number of imidazole rings is 1. The second-order valence-electron chi connectivity index (χ2n) is 11.0. The fourth-order valence-electron chi connectivity index (χ4n) is 5.97. The summed E-state index contributed by atoms with van der Waals surface area (Å²) in [6.07, 6.45) is 7.02. The zero-order valence-electron chi connectivity index (χ0n) is 23.4. The molecule has 0 aliphatic heterocycles. The van der Waals surface area contributed by atoms with Gasteiger partial charge >= 0.3 is 5.97 Å². The van der Waals surface area contributed by atoms with E-state index in [-0.39, 0.29) is 17.3 Å². The number of amides is 1. The lowest BCUT2D eigenvalue weighted by molar-refractivity contribution is 0.0696. The molecule has 8 nitrogen and oxygen atoms in total. The van der Waals surface area contributed by atoms with Crippen molar-refractivity contribution in [2.45, 2.75) is 38.1 Å². The third kappa shape index (κ3) is 5.23. The largest absolute Gasteiger partial charge is 0.478 e. The Labute approximate surface area is 248 Å². The summed E-state index contributed by atoms with van der Waals surface area (Å²) >= 11 is 0. The van der Waals surface area contributed by atoms with Gasteiger partial charge in [0.1, 0.15) is 11.6 Å². The minimum absolute atomic E-state index is 0.0568. The number of fused-ring (bicyclic) bond motifs is 2. The highest BCUT2D eigenvalue weighted by molar-refractivity contribution is 6.06. The van der Waals surface area contributed by atoms with Crippen molar-refractivity contribution in [3.8, 4) is 22.6 Å². The van der Waals surface area contributed by atoms with Gasteiger partial charge in [-0.2, -0.15) is 0 Å². The van der Waals surface area contributed by atoms with E-state index in [1.807, 2.05) is 36.4 Å². The van der Waals surface area contributed by atoms with Crippen LogP contribution in [-0.2, 0) is 0 Å². The topological polar surface area (TPSA) is 110 Å². The molecule has 3 aromatic heterocycles. The van der Waals surface area contributed by atoms with Crippen molar-refractivity contribution in [3.63, 3.8) is 0 Å². The van der Waals surface area contributed by atoms with Gasteiger partial charge < -0.3 is 15.0 Å². The molecule has 0 unspecified atom stereocenters.